The van der Waals surface area contributed by atoms with E-state index in [0.29, 0.717) is 6.61 Å². The Morgan fingerprint density at radius 3 is 2.90 bits per heavy atom. The number of aryl methyl sites for hydroxylation is 1. The first kappa shape index (κ1) is 13.6. The van der Waals surface area contributed by atoms with Crippen molar-refractivity contribution in [3.8, 4) is 0 Å². The largest absolute Gasteiger partial charge is 0.380 e. The third-order valence-corrected chi connectivity index (χ3v) is 3.59. The van der Waals surface area contributed by atoms with E-state index in [0.717, 1.165) is 28.1 Å². The lowest BCUT2D eigenvalue weighted by Gasteiger charge is -2.14. The molecule has 0 aliphatic carbocycles. The van der Waals surface area contributed by atoms with Gasteiger partial charge in [-0.3, -0.25) is 4.79 Å². The van der Waals surface area contributed by atoms with E-state index in [2.05, 4.69) is 10.6 Å². The summed E-state index contributed by atoms with van der Waals surface area (Å²) in [5.74, 6) is -0.0206. The van der Waals surface area contributed by atoms with Gasteiger partial charge in [0.15, 0.2) is 0 Å². The van der Waals surface area contributed by atoms with Crippen LogP contribution in [0.3, 0.4) is 0 Å². The Bertz CT molecular complexity index is 682. The van der Waals surface area contributed by atoms with Gasteiger partial charge in [-0.25, -0.2) is 0 Å². The van der Waals surface area contributed by atoms with Crippen molar-refractivity contribution >= 4 is 17.3 Å². The van der Waals surface area contributed by atoms with E-state index in [1.807, 2.05) is 49.4 Å². The minimum atomic E-state index is -0.349. The first-order valence-electron chi connectivity index (χ1n) is 6.93. The van der Waals surface area contributed by atoms with Gasteiger partial charge in [-0.1, -0.05) is 29.8 Å². The number of rotatable bonds is 4. The van der Waals surface area contributed by atoms with Crippen LogP contribution in [-0.2, 0) is 16.1 Å². The predicted octanol–water partition coefficient (Wildman–Crippen LogP) is 3.25. The molecule has 4 heteroatoms. The fraction of sp³-hybridized carbons (Fsp3) is 0.235. The van der Waals surface area contributed by atoms with Crippen LogP contribution in [0, 0.1) is 6.92 Å². The van der Waals surface area contributed by atoms with Gasteiger partial charge in [-0.05, 0) is 30.7 Å². The minimum Gasteiger partial charge on any atom is -0.380 e. The van der Waals surface area contributed by atoms with Gasteiger partial charge in [0.1, 0.15) is 6.04 Å². The summed E-state index contributed by atoms with van der Waals surface area (Å²) in [5, 5.41) is 6.21. The number of hydrogen-bond donors (Lipinski definition) is 2. The van der Waals surface area contributed by atoms with Crippen LogP contribution in [0.15, 0.2) is 42.5 Å². The second kappa shape index (κ2) is 5.58. The first-order valence-corrected chi connectivity index (χ1v) is 6.93. The van der Waals surface area contributed by atoms with Gasteiger partial charge < -0.3 is 15.4 Å². The molecule has 3 rings (SSSR count). The average molecular weight is 282 g/mol. The van der Waals surface area contributed by atoms with Crippen molar-refractivity contribution in [3.05, 3.63) is 59.2 Å². The van der Waals surface area contributed by atoms with Gasteiger partial charge in [0.25, 0.3) is 5.91 Å². The van der Waals surface area contributed by atoms with Gasteiger partial charge in [0, 0.05) is 24.0 Å². The molecule has 2 N–H and O–H groups in total. The van der Waals surface area contributed by atoms with Crippen molar-refractivity contribution in [1.29, 1.82) is 0 Å². The Morgan fingerprint density at radius 1 is 1.24 bits per heavy atom. The number of methoxy groups -OCH3 is 1. The summed E-state index contributed by atoms with van der Waals surface area (Å²) in [5.41, 5.74) is 5.02. The molecule has 2 aromatic carbocycles. The Kier molecular flexibility index (Phi) is 3.62. The number of hydrogen-bond acceptors (Lipinski definition) is 3. The number of ether oxygens (including phenoxy) is 1. The second-order valence-electron chi connectivity index (χ2n) is 5.29. The lowest BCUT2D eigenvalue weighted by molar-refractivity contribution is -0.116. The number of carbonyl (C=O) groups is 1. The van der Waals surface area contributed by atoms with Gasteiger partial charge >= 0.3 is 0 Å². The van der Waals surface area contributed by atoms with Crippen molar-refractivity contribution in [2.75, 3.05) is 17.7 Å². The van der Waals surface area contributed by atoms with E-state index in [1.54, 1.807) is 7.11 Å². The van der Waals surface area contributed by atoms with E-state index >= 15 is 0 Å². The zero-order chi connectivity index (χ0) is 14.8. The van der Waals surface area contributed by atoms with E-state index < -0.39 is 0 Å². The number of nitrogens with one attached hydrogen (secondary N) is 2. The van der Waals surface area contributed by atoms with Gasteiger partial charge in [0.05, 0.1) is 6.61 Å². The zero-order valence-electron chi connectivity index (χ0n) is 12.1. The molecule has 108 valence electrons. The highest BCUT2D eigenvalue weighted by Gasteiger charge is 2.30. The van der Waals surface area contributed by atoms with Crippen LogP contribution in [0.4, 0.5) is 11.4 Å². The molecular formula is C17H18N2O2. The third-order valence-electron chi connectivity index (χ3n) is 3.59. The normalized spacial score (nSPS) is 16.5. The molecule has 0 saturated heterocycles. The minimum absolute atomic E-state index is 0.0206. The smallest absolute Gasteiger partial charge is 0.251 e. The van der Waals surface area contributed by atoms with Crippen molar-refractivity contribution in [3.63, 3.8) is 0 Å². The topological polar surface area (TPSA) is 50.4 Å². The highest BCUT2D eigenvalue weighted by molar-refractivity contribution is 6.04. The molecule has 0 bridgehead atoms. The monoisotopic (exact) mass is 282 g/mol. The molecule has 0 radical (unpaired) electrons. The maximum Gasteiger partial charge on any atom is 0.251 e. The highest BCUT2D eigenvalue weighted by atomic mass is 16.5. The van der Waals surface area contributed by atoms with Crippen molar-refractivity contribution in [1.82, 2.24) is 0 Å². The number of fused-ring (bicyclic) bond motifs is 1. The molecule has 1 unspecified atom stereocenters. The molecule has 1 aliphatic rings. The summed E-state index contributed by atoms with van der Waals surface area (Å²) < 4.78 is 5.14. The summed E-state index contributed by atoms with van der Waals surface area (Å²) in [7, 11) is 1.67. The summed E-state index contributed by atoms with van der Waals surface area (Å²) in [6, 6.07) is 13.6. The number of anilines is 2. The molecule has 4 nitrogen and oxygen atoms in total. The van der Waals surface area contributed by atoms with Crippen molar-refractivity contribution in [2.24, 2.45) is 0 Å². The zero-order valence-corrected chi connectivity index (χ0v) is 12.1. The molecule has 1 aliphatic heterocycles. The first-order chi connectivity index (χ1) is 10.2. The average Bonchev–Trinajstić information content (AvgIpc) is 2.76. The molecule has 0 fully saturated rings. The predicted molar refractivity (Wildman–Crippen MR) is 83.3 cm³/mol. The fourth-order valence-electron chi connectivity index (χ4n) is 2.61. The quantitative estimate of drug-likeness (QED) is 0.905. The van der Waals surface area contributed by atoms with Crippen LogP contribution in [0.25, 0.3) is 0 Å². The van der Waals surface area contributed by atoms with E-state index in [1.165, 1.54) is 0 Å². The van der Waals surface area contributed by atoms with Crippen molar-refractivity contribution < 1.29 is 9.53 Å². The fourth-order valence-corrected chi connectivity index (χ4v) is 2.61. The van der Waals surface area contributed by atoms with Gasteiger partial charge in [0.2, 0.25) is 0 Å². The Labute approximate surface area is 124 Å². The number of amides is 1. The SMILES string of the molecule is COCc1cccc(NC2C(=O)Nc3ccc(C)cc32)c1. The Morgan fingerprint density at radius 2 is 2.10 bits per heavy atom. The lowest BCUT2D eigenvalue weighted by atomic mass is 10.0. The maximum absolute atomic E-state index is 12.2. The molecule has 21 heavy (non-hydrogen) atoms. The van der Waals surface area contributed by atoms with Crippen LogP contribution in [0.5, 0.6) is 0 Å². The van der Waals surface area contributed by atoms with Crippen molar-refractivity contribution in [2.45, 2.75) is 19.6 Å². The van der Waals surface area contributed by atoms with Crippen LogP contribution in [-0.4, -0.2) is 13.0 Å². The summed E-state index contributed by atoms with van der Waals surface area (Å²) in [4.78, 5) is 12.2. The highest BCUT2D eigenvalue weighted by Crippen LogP contribution is 2.34. The summed E-state index contributed by atoms with van der Waals surface area (Å²) in [6.07, 6.45) is 0. The van der Waals surface area contributed by atoms with E-state index in [9.17, 15) is 4.79 Å². The van der Waals surface area contributed by atoms with E-state index in [4.69, 9.17) is 4.74 Å². The molecule has 2 aromatic rings. The lowest BCUT2D eigenvalue weighted by Crippen LogP contribution is -2.19. The maximum atomic E-state index is 12.2. The molecule has 0 spiro atoms. The Hall–Kier alpha value is -2.33. The van der Waals surface area contributed by atoms with Gasteiger partial charge in [-0.2, -0.15) is 0 Å². The number of carbonyl (C=O) groups excluding carboxylic acids is 1. The number of benzene rings is 2. The van der Waals surface area contributed by atoms with Gasteiger partial charge in [-0.15, -0.1) is 0 Å². The van der Waals surface area contributed by atoms with E-state index in [-0.39, 0.29) is 11.9 Å². The standard InChI is InChI=1S/C17H18N2O2/c1-11-6-7-15-14(8-11)16(17(20)19-15)18-13-5-3-4-12(9-13)10-21-2/h3-9,16,18H,10H2,1-2H3,(H,19,20). The Balaban J connectivity index is 1.87. The molecule has 0 aromatic heterocycles. The van der Waals surface area contributed by atoms with Crippen LogP contribution in [0.2, 0.25) is 0 Å². The molecule has 1 heterocycles. The van der Waals surface area contributed by atoms with Crippen LogP contribution >= 0.6 is 0 Å². The van der Waals surface area contributed by atoms with Crippen LogP contribution < -0.4 is 10.6 Å². The third kappa shape index (κ3) is 2.76. The second-order valence-corrected chi connectivity index (χ2v) is 5.29. The molecule has 1 atom stereocenters. The molecule has 0 saturated carbocycles. The summed E-state index contributed by atoms with van der Waals surface area (Å²) >= 11 is 0. The molecular weight excluding hydrogens is 264 g/mol. The summed E-state index contributed by atoms with van der Waals surface area (Å²) in [6.45, 7) is 2.58. The molecule has 1 amide bonds. The van der Waals surface area contributed by atoms with Crippen LogP contribution in [0.1, 0.15) is 22.7 Å².